The molecule has 7 heteroatoms. The van der Waals surface area contributed by atoms with Crippen molar-refractivity contribution in [1.29, 1.82) is 0 Å². The van der Waals surface area contributed by atoms with Crippen LogP contribution in [0.4, 0.5) is 13.2 Å². The molecule has 3 aromatic rings. The number of hydrogen-bond acceptors (Lipinski definition) is 2. The van der Waals surface area contributed by atoms with Crippen molar-refractivity contribution in [1.82, 2.24) is 10.3 Å². The Morgan fingerprint density at radius 3 is 2.50 bits per heavy atom. The third kappa shape index (κ3) is 3.69. The average Bonchev–Trinajstić information content (AvgIpc) is 3.05. The minimum absolute atomic E-state index is 0.0649. The van der Waals surface area contributed by atoms with Crippen molar-refractivity contribution in [3.05, 3.63) is 59.4 Å². The maximum absolute atomic E-state index is 14.4. The van der Waals surface area contributed by atoms with Gasteiger partial charge in [-0.15, -0.1) is 0 Å². The lowest BCUT2D eigenvalue weighted by Crippen LogP contribution is -2.44. The second-order valence-corrected chi connectivity index (χ2v) is 7.89. The highest BCUT2D eigenvalue weighted by molar-refractivity contribution is 5.92. The quantitative estimate of drug-likeness (QED) is 0.548. The number of rotatable bonds is 6. The van der Waals surface area contributed by atoms with E-state index in [1.54, 1.807) is 12.1 Å². The zero-order valence-corrected chi connectivity index (χ0v) is 16.5. The first-order valence-electron chi connectivity index (χ1n) is 10.1. The van der Waals surface area contributed by atoms with Crippen molar-refractivity contribution in [2.75, 3.05) is 6.61 Å². The van der Waals surface area contributed by atoms with Crippen molar-refractivity contribution in [2.45, 2.75) is 38.1 Å². The fourth-order valence-corrected chi connectivity index (χ4v) is 4.17. The monoisotopic (exact) mass is 416 g/mol. The van der Waals surface area contributed by atoms with Gasteiger partial charge in [-0.05, 0) is 66.6 Å². The van der Waals surface area contributed by atoms with E-state index in [0.717, 1.165) is 11.6 Å². The molecule has 2 aromatic carbocycles. The van der Waals surface area contributed by atoms with Crippen molar-refractivity contribution in [3.8, 4) is 11.3 Å². The second kappa shape index (κ2) is 8.14. The highest BCUT2D eigenvalue weighted by Gasteiger charge is 2.38. The molecule has 1 aromatic heterocycles. The van der Waals surface area contributed by atoms with Gasteiger partial charge in [-0.3, -0.25) is 4.79 Å². The number of H-pyrrole nitrogens is 1. The Bertz CT molecular complexity index is 1070. The van der Waals surface area contributed by atoms with Crippen molar-refractivity contribution < 1.29 is 23.1 Å². The molecule has 30 heavy (non-hydrogen) atoms. The number of aliphatic hydroxyl groups is 1. The maximum atomic E-state index is 14.4. The van der Waals surface area contributed by atoms with Crippen LogP contribution in [-0.2, 0) is 4.79 Å². The molecule has 3 N–H and O–H groups in total. The lowest BCUT2D eigenvalue weighted by atomic mass is 9.69. The van der Waals surface area contributed by atoms with Crippen LogP contribution < -0.4 is 5.32 Å². The lowest BCUT2D eigenvalue weighted by Gasteiger charge is -2.35. The first-order chi connectivity index (χ1) is 14.4. The van der Waals surface area contributed by atoms with Crippen LogP contribution in [-0.4, -0.2) is 28.6 Å². The van der Waals surface area contributed by atoms with E-state index < -0.39 is 11.6 Å². The third-order valence-corrected chi connectivity index (χ3v) is 5.97. The van der Waals surface area contributed by atoms with Gasteiger partial charge < -0.3 is 15.4 Å². The maximum Gasteiger partial charge on any atom is 0.223 e. The SMILES string of the molecule is CCC(CO)NC(=O)C1CC(c2c(-c3ccc(F)cc3)[nH]c3c(F)cc(F)cc23)C1. The van der Waals surface area contributed by atoms with E-state index in [0.29, 0.717) is 35.9 Å². The van der Waals surface area contributed by atoms with Gasteiger partial charge in [-0.2, -0.15) is 0 Å². The van der Waals surface area contributed by atoms with E-state index in [4.69, 9.17) is 0 Å². The Hall–Kier alpha value is -2.80. The first-order valence-corrected chi connectivity index (χ1v) is 10.1. The molecule has 1 unspecified atom stereocenters. The van der Waals surface area contributed by atoms with Crippen LogP contribution in [0, 0.1) is 23.4 Å². The zero-order chi connectivity index (χ0) is 21.4. The van der Waals surface area contributed by atoms with Crippen molar-refractivity contribution >= 4 is 16.8 Å². The first kappa shape index (κ1) is 20.5. The molecule has 1 heterocycles. The number of amides is 1. The van der Waals surface area contributed by atoms with Gasteiger partial charge in [0.15, 0.2) is 0 Å². The molecule has 1 amide bonds. The molecule has 1 aliphatic carbocycles. The van der Waals surface area contributed by atoms with Gasteiger partial charge in [-0.1, -0.05) is 6.92 Å². The number of nitrogens with one attached hydrogen (secondary N) is 2. The molecule has 1 saturated carbocycles. The summed E-state index contributed by atoms with van der Waals surface area (Å²) in [6.07, 6.45) is 1.70. The van der Waals surface area contributed by atoms with Gasteiger partial charge in [0.25, 0.3) is 0 Å². The van der Waals surface area contributed by atoms with E-state index >= 15 is 0 Å². The number of hydrogen-bond donors (Lipinski definition) is 3. The molecule has 0 spiro atoms. The van der Waals surface area contributed by atoms with E-state index in [9.17, 15) is 23.1 Å². The fourth-order valence-electron chi connectivity index (χ4n) is 4.17. The summed E-state index contributed by atoms with van der Waals surface area (Å²) in [5.74, 6) is -2.16. The Balaban J connectivity index is 1.67. The van der Waals surface area contributed by atoms with Gasteiger partial charge in [0.2, 0.25) is 5.91 Å². The van der Waals surface area contributed by atoms with Gasteiger partial charge in [-0.25, -0.2) is 13.2 Å². The van der Waals surface area contributed by atoms with Crippen LogP contribution in [0.2, 0.25) is 0 Å². The van der Waals surface area contributed by atoms with Crippen LogP contribution in [0.15, 0.2) is 36.4 Å². The fraction of sp³-hybridized carbons (Fsp3) is 0.348. The Morgan fingerprint density at radius 1 is 1.17 bits per heavy atom. The topological polar surface area (TPSA) is 65.1 Å². The summed E-state index contributed by atoms with van der Waals surface area (Å²) in [4.78, 5) is 15.5. The summed E-state index contributed by atoms with van der Waals surface area (Å²) in [7, 11) is 0. The number of carbonyl (C=O) groups excluding carboxylic acids is 1. The summed E-state index contributed by atoms with van der Waals surface area (Å²) in [5.41, 5.74) is 2.22. The molecular weight excluding hydrogens is 393 g/mol. The number of halogens is 3. The highest BCUT2D eigenvalue weighted by Crippen LogP contribution is 2.48. The van der Waals surface area contributed by atoms with E-state index in [1.165, 1.54) is 18.2 Å². The Morgan fingerprint density at radius 2 is 1.87 bits per heavy atom. The molecule has 4 rings (SSSR count). The van der Waals surface area contributed by atoms with E-state index in [2.05, 4.69) is 10.3 Å². The van der Waals surface area contributed by atoms with Gasteiger partial charge in [0, 0.05) is 17.4 Å². The van der Waals surface area contributed by atoms with Crippen molar-refractivity contribution in [2.24, 2.45) is 5.92 Å². The molecule has 1 atom stereocenters. The van der Waals surface area contributed by atoms with Crippen molar-refractivity contribution in [3.63, 3.8) is 0 Å². The predicted molar refractivity (Wildman–Crippen MR) is 108 cm³/mol. The second-order valence-electron chi connectivity index (χ2n) is 7.89. The molecule has 4 nitrogen and oxygen atoms in total. The van der Waals surface area contributed by atoms with Gasteiger partial charge in [0.1, 0.15) is 17.5 Å². The standard InChI is InChI=1S/C23H23F3N2O2/c1-2-17(11-29)27-23(30)14-7-13(8-14)20-18-9-16(25)10-19(26)22(18)28-21(20)12-3-5-15(24)6-4-12/h3-6,9-10,13-14,17,28-29H,2,7-8,11H2,1H3,(H,27,30). The number of aromatic nitrogens is 1. The predicted octanol–water partition coefficient (Wildman–Crippen LogP) is 4.63. The minimum Gasteiger partial charge on any atom is -0.394 e. The highest BCUT2D eigenvalue weighted by atomic mass is 19.1. The molecule has 0 radical (unpaired) electrons. The molecule has 0 saturated heterocycles. The summed E-state index contributed by atoms with van der Waals surface area (Å²) in [6, 6.07) is 7.66. The number of aliphatic hydroxyl groups excluding tert-OH is 1. The smallest absolute Gasteiger partial charge is 0.223 e. The van der Waals surface area contributed by atoms with Gasteiger partial charge in [0.05, 0.1) is 23.9 Å². The van der Waals surface area contributed by atoms with Crippen LogP contribution >= 0.6 is 0 Å². The average molecular weight is 416 g/mol. The number of fused-ring (bicyclic) bond motifs is 1. The third-order valence-electron chi connectivity index (χ3n) is 5.97. The van der Waals surface area contributed by atoms with Crippen LogP contribution in [0.25, 0.3) is 22.2 Å². The normalized spacial score (nSPS) is 19.5. The van der Waals surface area contributed by atoms with Gasteiger partial charge >= 0.3 is 0 Å². The zero-order valence-electron chi connectivity index (χ0n) is 16.5. The Labute approximate surface area is 172 Å². The van der Waals surface area contributed by atoms with Crippen LogP contribution in [0.5, 0.6) is 0 Å². The summed E-state index contributed by atoms with van der Waals surface area (Å²) in [6.45, 7) is 1.77. The van der Waals surface area contributed by atoms with E-state index in [1.807, 2.05) is 6.92 Å². The van der Waals surface area contributed by atoms with Crippen LogP contribution in [0.3, 0.4) is 0 Å². The molecule has 1 fully saturated rings. The molecule has 158 valence electrons. The van der Waals surface area contributed by atoms with E-state index in [-0.39, 0.29) is 41.7 Å². The molecule has 0 bridgehead atoms. The largest absolute Gasteiger partial charge is 0.394 e. The summed E-state index contributed by atoms with van der Waals surface area (Å²) < 4.78 is 41.8. The van der Waals surface area contributed by atoms with Crippen LogP contribution in [0.1, 0.15) is 37.7 Å². The number of benzene rings is 2. The molecule has 0 aliphatic heterocycles. The summed E-state index contributed by atoms with van der Waals surface area (Å²) >= 11 is 0. The number of carbonyl (C=O) groups is 1. The molecule has 1 aliphatic rings. The lowest BCUT2D eigenvalue weighted by molar-refractivity contribution is -0.129. The number of aromatic amines is 1. The minimum atomic E-state index is -0.693. The summed E-state index contributed by atoms with van der Waals surface area (Å²) in [5, 5.41) is 12.6. The Kier molecular flexibility index (Phi) is 5.56. The molecular formula is C23H23F3N2O2.